The number of imidazole rings is 1. The number of aromatic nitrogens is 3. The molecule has 8 heteroatoms. The number of hydrogen-bond donors (Lipinski definition) is 2. The summed E-state index contributed by atoms with van der Waals surface area (Å²) in [4.78, 5) is 24.9. The average Bonchev–Trinajstić information content (AvgIpc) is 3.13. The summed E-state index contributed by atoms with van der Waals surface area (Å²) in [5, 5.41) is 6.89. The molecule has 3 aromatic rings. The van der Waals surface area contributed by atoms with E-state index in [1.807, 2.05) is 41.4 Å². The largest absolute Gasteiger partial charge is 0.381 e. The van der Waals surface area contributed by atoms with E-state index in [2.05, 4.69) is 32.3 Å². The molecule has 0 bridgehead atoms. The maximum atomic E-state index is 13.8. The van der Waals surface area contributed by atoms with Gasteiger partial charge >= 0.3 is 0 Å². The number of fused-ring (bicyclic) bond motifs is 1. The molecule has 5 rings (SSSR count). The van der Waals surface area contributed by atoms with Crippen molar-refractivity contribution in [2.24, 2.45) is 5.92 Å². The molecule has 4 heterocycles. The highest BCUT2D eigenvalue weighted by atomic mass is 16.5. The van der Waals surface area contributed by atoms with Crippen LogP contribution in [0.2, 0.25) is 0 Å². The number of pyridine rings is 1. The van der Waals surface area contributed by atoms with Crippen molar-refractivity contribution in [1.29, 1.82) is 0 Å². The van der Waals surface area contributed by atoms with E-state index in [9.17, 15) is 4.79 Å². The number of hydrogen-bond acceptors (Lipinski definition) is 6. The zero-order chi connectivity index (χ0) is 23.2. The summed E-state index contributed by atoms with van der Waals surface area (Å²) in [7, 11) is 0. The van der Waals surface area contributed by atoms with E-state index in [1.165, 1.54) is 0 Å². The maximum absolute atomic E-state index is 13.8. The van der Waals surface area contributed by atoms with Crippen molar-refractivity contribution >= 4 is 11.7 Å². The zero-order valence-corrected chi connectivity index (χ0v) is 19.4. The summed E-state index contributed by atoms with van der Waals surface area (Å²) in [6, 6.07) is 14.2. The van der Waals surface area contributed by atoms with E-state index < -0.39 is 0 Å². The Labute approximate surface area is 200 Å². The molecule has 1 amide bonds. The van der Waals surface area contributed by atoms with Crippen molar-refractivity contribution in [1.82, 2.24) is 24.8 Å². The number of ether oxygens (including phenoxy) is 1. The van der Waals surface area contributed by atoms with Gasteiger partial charge in [0.25, 0.3) is 5.91 Å². The molecular weight excluding hydrogens is 428 g/mol. The molecule has 178 valence electrons. The number of rotatable bonds is 8. The molecular formula is C26H32N6O2. The van der Waals surface area contributed by atoms with E-state index in [1.54, 1.807) is 6.20 Å². The first-order valence-corrected chi connectivity index (χ1v) is 12.1. The number of amides is 1. The molecule has 1 saturated heterocycles. The third kappa shape index (κ3) is 5.29. The van der Waals surface area contributed by atoms with E-state index in [-0.39, 0.29) is 5.91 Å². The minimum absolute atomic E-state index is 0.0634. The number of nitrogens with one attached hydrogen (secondary N) is 2. The topological polar surface area (TPSA) is 84.3 Å². The van der Waals surface area contributed by atoms with Crippen molar-refractivity contribution in [2.45, 2.75) is 32.5 Å². The molecule has 1 fully saturated rings. The summed E-state index contributed by atoms with van der Waals surface area (Å²) >= 11 is 0. The zero-order valence-electron chi connectivity index (χ0n) is 19.4. The van der Waals surface area contributed by atoms with Gasteiger partial charge in [0, 0.05) is 58.3 Å². The Kier molecular flexibility index (Phi) is 7.16. The normalized spacial score (nSPS) is 16.7. The second-order valence-electron chi connectivity index (χ2n) is 9.00. The third-order valence-corrected chi connectivity index (χ3v) is 6.55. The predicted octanol–water partition coefficient (Wildman–Crippen LogP) is 2.91. The Bertz CT molecular complexity index is 1080. The molecule has 0 spiro atoms. The van der Waals surface area contributed by atoms with Crippen molar-refractivity contribution in [3.8, 4) is 0 Å². The van der Waals surface area contributed by atoms with Gasteiger partial charge in [-0.25, -0.2) is 4.98 Å². The summed E-state index contributed by atoms with van der Waals surface area (Å²) in [5.41, 5.74) is 2.91. The monoisotopic (exact) mass is 460 g/mol. The molecule has 8 nitrogen and oxygen atoms in total. The van der Waals surface area contributed by atoms with Gasteiger partial charge in [-0.05, 0) is 36.0 Å². The van der Waals surface area contributed by atoms with Gasteiger partial charge in [0.1, 0.15) is 5.82 Å². The molecule has 2 aliphatic rings. The number of carbonyl (C=O) groups is 1. The first-order chi connectivity index (χ1) is 16.8. The van der Waals surface area contributed by atoms with Gasteiger partial charge in [0.05, 0.1) is 6.54 Å². The van der Waals surface area contributed by atoms with Crippen LogP contribution >= 0.6 is 0 Å². The molecule has 0 radical (unpaired) electrons. The second kappa shape index (κ2) is 10.8. The van der Waals surface area contributed by atoms with Crippen LogP contribution in [0.3, 0.4) is 0 Å². The minimum Gasteiger partial charge on any atom is -0.381 e. The van der Waals surface area contributed by atoms with Crippen LogP contribution in [0.1, 0.15) is 40.3 Å². The Morgan fingerprint density at radius 1 is 1.06 bits per heavy atom. The first-order valence-electron chi connectivity index (χ1n) is 12.1. The van der Waals surface area contributed by atoms with Crippen LogP contribution in [0.5, 0.6) is 0 Å². The molecule has 34 heavy (non-hydrogen) atoms. The fourth-order valence-electron chi connectivity index (χ4n) is 4.71. The molecule has 0 saturated carbocycles. The highest BCUT2D eigenvalue weighted by Crippen LogP contribution is 2.25. The standard InChI is InChI=1S/C26H32N6O2/c33-26-24-25(29-11-12-31(26)18-21-8-13-34-14-9-21)30-23(17-28-16-22-7-4-10-27-15-22)32(24)19-20-5-2-1-3-6-20/h1-7,10,15,21,28-29H,8-9,11-14,16-19H2. The predicted molar refractivity (Wildman–Crippen MR) is 130 cm³/mol. The molecule has 0 unspecified atom stereocenters. The van der Waals surface area contributed by atoms with E-state index in [4.69, 9.17) is 9.72 Å². The van der Waals surface area contributed by atoms with Gasteiger partial charge in [-0.2, -0.15) is 0 Å². The number of carbonyl (C=O) groups excluding carboxylic acids is 1. The van der Waals surface area contributed by atoms with Gasteiger partial charge in [0.2, 0.25) is 0 Å². The van der Waals surface area contributed by atoms with Crippen molar-refractivity contribution < 1.29 is 9.53 Å². The first kappa shape index (κ1) is 22.6. The molecule has 0 aliphatic carbocycles. The number of nitrogens with zero attached hydrogens (tertiary/aromatic N) is 4. The van der Waals surface area contributed by atoms with Gasteiger partial charge in [-0.3, -0.25) is 9.78 Å². The fourth-order valence-corrected chi connectivity index (χ4v) is 4.71. The van der Waals surface area contributed by atoms with Crippen LogP contribution < -0.4 is 10.6 Å². The molecule has 2 N–H and O–H groups in total. The van der Waals surface area contributed by atoms with Gasteiger partial charge < -0.3 is 24.8 Å². The average molecular weight is 461 g/mol. The van der Waals surface area contributed by atoms with Crippen LogP contribution in [0.25, 0.3) is 0 Å². The third-order valence-electron chi connectivity index (χ3n) is 6.55. The van der Waals surface area contributed by atoms with Crippen molar-refractivity contribution in [3.63, 3.8) is 0 Å². The molecule has 2 aliphatic heterocycles. The van der Waals surface area contributed by atoms with Gasteiger partial charge in [0.15, 0.2) is 11.5 Å². The molecule has 0 atom stereocenters. The Morgan fingerprint density at radius 2 is 1.88 bits per heavy atom. The molecule has 1 aromatic carbocycles. The van der Waals surface area contributed by atoms with Gasteiger partial charge in [-0.15, -0.1) is 0 Å². The van der Waals surface area contributed by atoms with Crippen LogP contribution in [-0.4, -0.2) is 58.2 Å². The second-order valence-corrected chi connectivity index (χ2v) is 9.00. The van der Waals surface area contributed by atoms with Crippen molar-refractivity contribution in [2.75, 3.05) is 38.2 Å². The van der Waals surface area contributed by atoms with Gasteiger partial charge in [-0.1, -0.05) is 36.4 Å². The van der Waals surface area contributed by atoms with Crippen LogP contribution in [0.4, 0.5) is 5.82 Å². The smallest absolute Gasteiger partial charge is 0.274 e. The molecule has 2 aromatic heterocycles. The lowest BCUT2D eigenvalue weighted by atomic mass is 9.99. The lowest BCUT2D eigenvalue weighted by Crippen LogP contribution is -2.39. The summed E-state index contributed by atoms with van der Waals surface area (Å²) in [5.74, 6) is 2.10. The quantitative estimate of drug-likeness (QED) is 0.538. The van der Waals surface area contributed by atoms with E-state index in [0.29, 0.717) is 50.2 Å². The van der Waals surface area contributed by atoms with Crippen molar-refractivity contribution in [3.05, 3.63) is 77.5 Å². The van der Waals surface area contributed by atoms with Crippen LogP contribution in [0.15, 0.2) is 54.9 Å². The number of benzene rings is 1. The minimum atomic E-state index is 0.0634. The van der Waals surface area contributed by atoms with E-state index in [0.717, 1.165) is 49.6 Å². The lowest BCUT2D eigenvalue weighted by Gasteiger charge is -2.29. The summed E-state index contributed by atoms with van der Waals surface area (Å²) in [6.45, 7) is 5.58. The maximum Gasteiger partial charge on any atom is 0.274 e. The van der Waals surface area contributed by atoms with E-state index >= 15 is 0 Å². The SMILES string of the molecule is O=C1c2c(nc(CNCc3cccnc3)n2Cc2ccccc2)NCCN1CC1CCOCC1. The highest BCUT2D eigenvalue weighted by Gasteiger charge is 2.31. The van der Waals surface area contributed by atoms with Crippen LogP contribution in [-0.2, 0) is 24.4 Å². The number of anilines is 1. The Morgan fingerprint density at radius 3 is 2.68 bits per heavy atom. The summed E-state index contributed by atoms with van der Waals surface area (Å²) < 4.78 is 7.60. The fraction of sp³-hybridized carbons (Fsp3) is 0.423. The Balaban J connectivity index is 1.40. The van der Waals surface area contributed by atoms with Crippen LogP contribution in [0, 0.1) is 5.92 Å². The highest BCUT2D eigenvalue weighted by molar-refractivity contribution is 5.98. The summed E-state index contributed by atoms with van der Waals surface area (Å²) in [6.07, 6.45) is 5.65. The lowest BCUT2D eigenvalue weighted by molar-refractivity contribution is 0.0463. The Hall–Kier alpha value is -3.23.